The third-order valence-electron chi connectivity index (χ3n) is 2.76. The molecule has 2 N–H and O–H groups in total. The molecule has 0 atom stereocenters. The summed E-state index contributed by atoms with van der Waals surface area (Å²) in [5, 5.41) is 0.603. The van der Waals surface area contributed by atoms with Crippen molar-refractivity contribution in [3.05, 3.63) is 27.7 Å². The molecule has 1 aromatic rings. The van der Waals surface area contributed by atoms with E-state index in [-0.39, 0.29) is 5.91 Å². The van der Waals surface area contributed by atoms with Crippen molar-refractivity contribution in [2.24, 2.45) is 11.8 Å². The van der Waals surface area contributed by atoms with Gasteiger partial charge in [-0.2, -0.15) is 0 Å². The van der Waals surface area contributed by atoms with Gasteiger partial charge in [0.05, 0.1) is 15.7 Å². The van der Waals surface area contributed by atoms with Gasteiger partial charge in [0.15, 0.2) is 0 Å². The number of nitrogens with zero attached hydrogens (tertiary/aromatic N) is 1. The molecule has 0 aliphatic heterocycles. The number of amides is 1. The van der Waals surface area contributed by atoms with Gasteiger partial charge >= 0.3 is 0 Å². The zero-order valence-corrected chi connectivity index (χ0v) is 13.9. The van der Waals surface area contributed by atoms with Crippen molar-refractivity contribution >= 4 is 34.8 Å². The second-order valence-electron chi connectivity index (χ2n) is 5.86. The Labute approximate surface area is 131 Å². The molecule has 0 spiro atoms. The second-order valence-corrected chi connectivity index (χ2v) is 6.64. The van der Waals surface area contributed by atoms with Gasteiger partial charge in [-0.3, -0.25) is 4.79 Å². The Morgan fingerprint density at radius 3 is 2.05 bits per heavy atom. The van der Waals surface area contributed by atoms with Crippen molar-refractivity contribution in [2.75, 3.05) is 18.8 Å². The lowest BCUT2D eigenvalue weighted by Crippen LogP contribution is -2.37. The first kappa shape index (κ1) is 17.1. The van der Waals surface area contributed by atoms with Gasteiger partial charge in [0.25, 0.3) is 5.91 Å². The van der Waals surface area contributed by atoms with Crippen molar-refractivity contribution in [2.45, 2.75) is 27.7 Å². The number of carbonyl (C=O) groups is 1. The summed E-state index contributed by atoms with van der Waals surface area (Å²) < 4.78 is 0. The number of anilines is 1. The van der Waals surface area contributed by atoms with Gasteiger partial charge < -0.3 is 10.6 Å². The number of halogens is 2. The molecule has 0 aliphatic carbocycles. The van der Waals surface area contributed by atoms with E-state index in [0.29, 0.717) is 46.2 Å². The maximum atomic E-state index is 12.6. The molecular formula is C15H22Cl2N2O. The van der Waals surface area contributed by atoms with Crippen LogP contribution in [0, 0.1) is 11.8 Å². The van der Waals surface area contributed by atoms with Crippen molar-refractivity contribution < 1.29 is 4.79 Å². The van der Waals surface area contributed by atoms with E-state index in [1.165, 1.54) is 0 Å². The molecule has 1 rings (SSSR count). The van der Waals surface area contributed by atoms with Gasteiger partial charge in [-0.1, -0.05) is 50.9 Å². The molecule has 0 bridgehead atoms. The van der Waals surface area contributed by atoms with Crippen LogP contribution in [0.25, 0.3) is 0 Å². The zero-order chi connectivity index (χ0) is 15.4. The first-order valence-electron chi connectivity index (χ1n) is 6.76. The minimum absolute atomic E-state index is 0.0577. The van der Waals surface area contributed by atoms with Gasteiger partial charge in [0, 0.05) is 18.7 Å². The third-order valence-corrected chi connectivity index (χ3v) is 3.58. The molecule has 20 heavy (non-hydrogen) atoms. The van der Waals surface area contributed by atoms with Gasteiger partial charge in [-0.15, -0.1) is 0 Å². The van der Waals surface area contributed by atoms with E-state index in [1.807, 2.05) is 4.90 Å². The summed E-state index contributed by atoms with van der Waals surface area (Å²) in [6.45, 7) is 9.76. The highest BCUT2D eigenvalue weighted by Gasteiger charge is 2.19. The molecule has 0 saturated carbocycles. The van der Waals surface area contributed by atoms with Gasteiger partial charge in [0.2, 0.25) is 0 Å². The average Bonchev–Trinajstić information content (AvgIpc) is 2.32. The van der Waals surface area contributed by atoms with Crippen LogP contribution in [0.4, 0.5) is 5.69 Å². The molecule has 0 radical (unpaired) electrons. The molecule has 1 amide bonds. The molecule has 0 aliphatic rings. The number of nitrogen functional groups attached to an aromatic ring is 1. The Bertz CT molecular complexity index is 454. The summed E-state index contributed by atoms with van der Waals surface area (Å²) in [4.78, 5) is 14.4. The molecular weight excluding hydrogens is 295 g/mol. The van der Waals surface area contributed by atoms with E-state index in [1.54, 1.807) is 12.1 Å². The lowest BCUT2D eigenvalue weighted by Gasteiger charge is -2.26. The predicted octanol–water partition coefficient (Wildman–Crippen LogP) is 4.33. The fourth-order valence-electron chi connectivity index (χ4n) is 2.04. The first-order valence-corrected chi connectivity index (χ1v) is 7.51. The molecule has 0 unspecified atom stereocenters. The molecule has 5 heteroatoms. The fourth-order valence-corrected chi connectivity index (χ4v) is 2.37. The molecule has 3 nitrogen and oxygen atoms in total. The number of hydrogen-bond donors (Lipinski definition) is 1. The van der Waals surface area contributed by atoms with Crippen LogP contribution < -0.4 is 5.73 Å². The Balaban J connectivity index is 3.05. The zero-order valence-electron chi connectivity index (χ0n) is 12.4. The Hall–Kier alpha value is -0.930. The van der Waals surface area contributed by atoms with Crippen molar-refractivity contribution in [1.82, 2.24) is 4.90 Å². The van der Waals surface area contributed by atoms with Crippen molar-refractivity contribution in [3.63, 3.8) is 0 Å². The highest BCUT2D eigenvalue weighted by Crippen LogP contribution is 2.30. The van der Waals surface area contributed by atoms with E-state index in [9.17, 15) is 4.79 Å². The summed E-state index contributed by atoms with van der Waals surface area (Å²) in [7, 11) is 0. The highest BCUT2D eigenvalue weighted by molar-refractivity contribution is 6.43. The van der Waals surface area contributed by atoms with Crippen LogP contribution in [-0.4, -0.2) is 23.9 Å². The summed E-state index contributed by atoms with van der Waals surface area (Å²) in [5.41, 5.74) is 6.59. The van der Waals surface area contributed by atoms with Crippen LogP contribution in [-0.2, 0) is 0 Å². The van der Waals surface area contributed by atoms with E-state index < -0.39 is 0 Å². The molecule has 0 heterocycles. The molecule has 0 fully saturated rings. The topological polar surface area (TPSA) is 46.3 Å². The van der Waals surface area contributed by atoms with Gasteiger partial charge in [-0.25, -0.2) is 0 Å². The SMILES string of the molecule is CC(C)CN(CC(C)C)C(=O)c1cc(N)c(Cl)c(Cl)c1. The first-order chi connectivity index (χ1) is 9.22. The van der Waals surface area contributed by atoms with Crippen molar-refractivity contribution in [3.8, 4) is 0 Å². The van der Waals surface area contributed by atoms with E-state index >= 15 is 0 Å². The number of rotatable bonds is 5. The Morgan fingerprint density at radius 1 is 1.15 bits per heavy atom. The third kappa shape index (κ3) is 4.57. The van der Waals surface area contributed by atoms with Crippen LogP contribution in [0.1, 0.15) is 38.1 Å². The quantitative estimate of drug-likeness (QED) is 0.822. The number of nitrogens with two attached hydrogens (primary N) is 1. The summed E-state index contributed by atoms with van der Waals surface area (Å²) in [6.07, 6.45) is 0. The van der Waals surface area contributed by atoms with E-state index in [0.717, 1.165) is 0 Å². The maximum Gasteiger partial charge on any atom is 0.254 e. The minimum Gasteiger partial charge on any atom is -0.397 e. The summed E-state index contributed by atoms with van der Waals surface area (Å²) in [6, 6.07) is 3.17. The largest absolute Gasteiger partial charge is 0.397 e. The van der Waals surface area contributed by atoms with E-state index in [2.05, 4.69) is 27.7 Å². The number of hydrogen-bond acceptors (Lipinski definition) is 2. The normalized spacial score (nSPS) is 11.2. The second kappa shape index (κ2) is 7.19. The lowest BCUT2D eigenvalue weighted by atomic mass is 10.1. The molecule has 112 valence electrons. The van der Waals surface area contributed by atoms with Crippen LogP contribution in [0.5, 0.6) is 0 Å². The molecule has 1 aromatic carbocycles. The smallest absolute Gasteiger partial charge is 0.254 e. The van der Waals surface area contributed by atoms with Gasteiger partial charge in [0.1, 0.15) is 0 Å². The van der Waals surface area contributed by atoms with E-state index in [4.69, 9.17) is 28.9 Å². The van der Waals surface area contributed by atoms with Gasteiger partial charge in [-0.05, 0) is 24.0 Å². The van der Waals surface area contributed by atoms with Crippen LogP contribution >= 0.6 is 23.2 Å². The maximum absolute atomic E-state index is 12.6. The van der Waals surface area contributed by atoms with Crippen LogP contribution in [0.15, 0.2) is 12.1 Å². The number of carbonyl (C=O) groups excluding carboxylic acids is 1. The Kier molecular flexibility index (Phi) is 6.15. The predicted molar refractivity (Wildman–Crippen MR) is 86.5 cm³/mol. The minimum atomic E-state index is -0.0577. The number of benzene rings is 1. The molecule has 0 saturated heterocycles. The summed E-state index contributed by atoms with van der Waals surface area (Å²) in [5.74, 6) is 0.744. The van der Waals surface area contributed by atoms with Crippen LogP contribution in [0.2, 0.25) is 10.0 Å². The lowest BCUT2D eigenvalue weighted by molar-refractivity contribution is 0.0715. The summed E-state index contributed by atoms with van der Waals surface area (Å²) >= 11 is 11.9. The monoisotopic (exact) mass is 316 g/mol. The Morgan fingerprint density at radius 2 is 1.65 bits per heavy atom. The molecule has 0 aromatic heterocycles. The standard InChI is InChI=1S/C15H22Cl2N2O/c1-9(2)7-19(8-10(3)4)15(20)11-5-12(16)14(17)13(18)6-11/h5-6,9-10H,7-8,18H2,1-4H3. The van der Waals surface area contributed by atoms with Crippen LogP contribution in [0.3, 0.4) is 0 Å². The highest BCUT2D eigenvalue weighted by atomic mass is 35.5. The average molecular weight is 317 g/mol. The van der Waals surface area contributed by atoms with Crippen molar-refractivity contribution in [1.29, 1.82) is 0 Å². The fraction of sp³-hybridized carbons (Fsp3) is 0.533.